The van der Waals surface area contributed by atoms with Crippen molar-refractivity contribution in [1.82, 2.24) is 5.32 Å². The van der Waals surface area contributed by atoms with Crippen LogP contribution < -0.4 is 5.32 Å². The highest BCUT2D eigenvalue weighted by atomic mass is 19.1. The average Bonchev–Trinajstić information content (AvgIpc) is 2.31. The fourth-order valence-corrected chi connectivity index (χ4v) is 1.90. The van der Waals surface area contributed by atoms with E-state index in [1.165, 1.54) is 6.07 Å². The van der Waals surface area contributed by atoms with Crippen LogP contribution in [0.3, 0.4) is 0 Å². The summed E-state index contributed by atoms with van der Waals surface area (Å²) in [6, 6.07) is 6.76. The van der Waals surface area contributed by atoms with E-state index in [0.717, 1.165) is 6.42 Å². The first-order chi connectivity index (χ1) is 8.10. The Hall–Kier alpha value is -0.930. The van der Waals surface area contributed by atoms with Crippen molar-refractivity contribution in [2.45, 2.75) is 39.3 Å². The lowest BCUT2D eigenvalue weighted by Gasteiger charge is -2.27. The van der Waals surface area contributed by atoms with Gasteiger partial charge in [-0.15, -0.1) is 0 Å². The van der Waals surface area contributed by atoms with Gasteiger partial charge in [0.2, 0.25) is 0 Å². The number of aliphatic hydroxyl groups excluding tert-OH is 1. The number of hydrogen-bond acceptors (Lipinski definition) is 2. The van der Waals surface area contributed by atoms with Crippen LogP contribution >= 0.6 is 0 Å². The first-order valence-corrected chi connectivity index (χ1v) is 6.21. The quantitative estimate of drug-likeness (QED) is 0.800. The highest BCUT2D eigenvalue weighted by Crippen LogP contribution is 2.21. The zero-order chi connectivity index (χ0) is 12.8. The summed E-state index contributed by atoms with van der Waals surface area (Å²) in [6.45, 7) is 6.17. The van der Waals surface area contributed by atoms with Gasteiger partial charge in [0.1, 0.15) is 5.82 Å². The van der Waals surface area contributed by atoms with Crippen molar-refractivity contribution in [3.05, 3.63) is 35.6 Å². The molecule has 0 spiro atoms. The number of hydrogen-bond donors (Lipinski definition) is 2. The molecule has 0 amide bonds. The number of halogens is 1. The maximum Gasteiger partial charge on any atom is 0.127 e. The van der Waals surface area contributed by atoms with E-state index in [1.54, 1.807) is 12.1 Å². The lowest BCUT2D eigenvalue weighted by Crippen LogP contribution is -2.39. The van der Waals surface area contributed by atoms with Gasteiger partial charge >= 0.3 is 0 Å². The minimum absolute atomic E-state index is 0.000411. The van der Waals surface area contributed by atoms with Crippen LogP contribution in [0.4, 0.5) is 4.39 Å². The predicted molar refractivity (Wildman–Crippen MR) is 68.3 cm³/mol. The monoisotopic (exact) mass is 239 g/mol. The van der Waals surface area contributed by atoms with E-state index in [-0.39, 0.29) is 24.5 Å². The third-order valence-corrected chi connectivity index (χ3v) is 3.11. The first kappa shape index (κ1) is 14.1. The van der Waals surface area contributed by atoms with E-state index >= 15 is 0 Å². The second-order valence-electron chi connectivity index (χ2n) is 4.68. The molecule has 0 bridgehead atoms. The summed E-state index contributed by atoms with van der Waals surface area (Å²) in [4.78, 5) is 0. The molecule has 0 aliphatic rings. The van der Waals surface area contributed by atoms with Gasteiger partial charge in [-0.1, -0.05) is 39.0 Å². The third kappa shape index (κ3) is 3.79. The van der Waals surface area contributed by atoms with Gasteiger partial charge in [0.15, 0.2) is 0 Å². The van der Waals surface area contributed by atoms with Crippen molar-refractivity contribution in [1.29, 1.82) is 0 Å². The van der Waals surface area contributed by atoms with E-state index in [0.29, 0.717) is 11.5 Å². The van der Waals surface area contributed by atoms with Gasteiger partial charge in [-0.05, 0) is 18.4 Å². The molecule has 1 aromatic carbocycles. The van der Waals surface area contributed by atoms with Gasteiger partial charge in [-0.25, -0.2) is 4.39 Å². The molecule has 1 aromatic rings. The molecule has 2 atom stereocenters. The predicted octanol–water partition coefficient (Wildman–Crippen LogP) is 2.88. The smallest absolute Gasteiger partial charge is 0.127 e. The molecular weight excluding hydrogens is 217 g/mol. The molecule has 96 valence electrons. The zero-order valence-corrected chi connectivity index (χ0v) is 10.8. The fourth-order valence-electron chi connectivity index (χ4n) is 1.90. The third-order valence-electron chi connectivity index (χ3n) is 3.11. The van der Waals surface area contributed by atoms with E-state index in [9.17, 15) is 9.50 Å². The number of benzene rings is 1. The summed E-state index contributed by atoms with van der Waals surface area (Å²) in [6.07, 6.45) is 0.796. The van der Waals surface area contributed by atoms with Crippen molar-refractivity contribution in [3.63, 3.8) is 0 Å². The van der Waals surface area contributed by atoms with Crippen LogP contribution in [0.5, 0.6) is 0 Å². The second kappa shape index (κ2) is 6.72. The molecule has 1 rings (SSSR count). The first-order valence-electron chi connectivity index (χ1n) is 6.21. The second-order valence-corrected chi connectivity index (χ2v) is 4.68. The van der Waals surface area contributed by atoms with Crippen LogP contribution in [0, 0.1) is 11.7 Å². The minimum Gasteiger partial charge on any atom is -0.395 e. The molecule has 0 aromatic heterocycles. The Bertz CT molecular complexity index is 341. The Morgan fingerprint density at radius 3 is 2.41 bits per heavy atom. The Morgan fingerprint density at radius 2 is 1.94 bits per heavy atom. The van der Waals surface area contributed by atoms with E-state index in [1.807, 2.05) is 26.8 Å². The Labute approximate surface area is 103 Å². The van der Waals surface area contributed by atoms with E-state index < -0.39 is 0 Å². The highest BCUT2D eigenvalue weighted by Gasteiger charge is 2.19. The lowest BCUT2D eigenvalue weighted by molar-refractivity contribution is 0.197. The molecule has 3 heteroatoms. The molecule has 0 saturated carbocycles. The van der Waals surface area contributed by atoms with Crippen LogP contribution in [0.1, 0.15) is 38.8 Å². The van der Waals surface area contributed by atoms with E-state index in [2.05, 4.69) is 5.32 Å². The van der Waals surface area contributed by atoms with Crippen molar-refractivity contribution < 1.29 is 9.50 Å². The lowest BCUT2D eigenvalue weighted by atomic mass is 9.99. The fraction of sp³-hybridized carbons (Fsp3) is 0.571. The Balaban J connectivity index is 2.82. The molecule has 0 radical (unpaired) electrons. The van der Waals surface area contributed by atoms with Gasteiger partial charge in [0, 0.05) is 17.6 Å². The SMILES string of the molecule is CCC(NC(CO)C(C)C)c1ccccc1F. The van der Waals surface area contributed by atoms with Crippen molar-refractivity contribution in [3.8, 4) is 0 Å². The molecule has 2 unspecified atom stereocenters. The summed E-state index contributed by atoms with van der Waals surface area (Å²) in [7, 11) is 0. The van der Waals surface area contributed by atoms with Crippen LogP contribution in [-0.4, -0.2) is 17.8 Å². The van der Waals surface area contributed by atoms with Crippen LogP contribution in [-0.2, 0) is 0 Å². The molecule has 2 nitrogen and oxygen atoms in total. The maximum absolute atomic E-state index is 13.7. The van der Waals surface area contributed by atoms with Crippen LogP contribution in [0.2, 0.25) is 0 Å². The van der Waals surface area contributed by atoms with Gasteiger partial charge in [0.25, 0.3) is 0 Å². The molecule has 0 saturated heterocycles. The standard InChI is InChI=1S/C14H22FNO/c1-4-13(16-14(9-17)10(2)3)11-7-5-6-8-12(11)15/h5-8,10,13-14,16-17H,4,9H2,1-3H3. The number of rotatable bonds is 6. The largest absolute Gasteiger partial charge is 0.395 e. The van der Waals surface area contributed by atoms with Gasteiger partial charge in [-0.3, -0.25) is 0 Å². The summed E-state index contributed by atoms with van der Waals surface area (Å²) in [5.41, 5.74) is 0.675. The summed E-state index contributed by atoms with van der Waals surface area (Å²) >= 11 is 0. The van der Waals surface area contributed by atoms with Crippen molar-refractivity contribution >= 4 is 0 Å². The summed E-state index contributed by atoms with van der Waals surface area (Å²) in [5.74, 6) is 0.133. The van der Waals surface area contributed by atoms with Crippen LogP contribution in [0.15, 0.2) is 24.3 Å². The Kier molecular flexibility index (Phi) is 5.59. The van der Waals surface area contributed by atoms with Crippen molar-refractivity contribution in [2.24, 2.45) is 5.92 Å². The van der Waals surface area contributed by atoms with Crippen LogP contribution in [0.25, 0.3) is 0 Å². The van der Waals surface area contributed by atoms with Gasteiger partial charge in [0.05, 0.1) is 6.61 Å². The molecule has 2 N–H and O–H groups in total. The Morgan fingerprint density at radius 1 is 1.29 bits per heavy atom. The van der Waals surface area contributed by atoms with E-state index in [4.69, 9.17) is 0 Å². The molecule has 0 heterocycles. The highest BCUT2D eigenvalue weighted by molar-refractivity contribution is 5.21. The molecule has 0 aliphatic carbocycles. The van der Waals surface area contributed by atoms with Gasteiger partial charge < -0.3 is 10.4 Å². The number of aliphatic hydroxyl groups is 1. The zero-order valence-electron chi connectivity index (χ0n) is 10.8. The topological polar surface area (TPSA) is 32.3 Å². The molecular formula is C14H22FNO. The number of nitrogens with one attached hydrogen (secondary N) is 1. The molecule has 0 aliphatic heterocycles. The van der Waals surface area contributed by atoms with Crippen molar-refractivity contribution in [2.75, 3.05) is 6.61 Å². The van der Waals surface area contributed by atoms with Gasteiger partial charge in [-0.2, -0.15) is 0 Å². The normalized spacial score (nSPS) is 14.9. The maximum atomic E-state index is 13.7. The average molecular weight is 239 g/mol. The molecule has 17 heavy (non-hydrogen) atoms. The summed E-state index contributed by atoms with van der Waals surface area (Å²) < 4.78 is 13.7. The summed E-state index contributed by atoms with van der Waals surface area (Å²) in [5, 5.41) is 12.6. The molecule has 0 fully saturated rings. The minimum atomic E-state index is -0.188.